The minimum Gasteiger partial charge on any atom is -0.464 e. The molecule has 31 heavy (non-hydrogen) atoms. The van der Waals surface area contributed by atoms with E-state index in [4.69, 9.17) is 9.15 Å². The van der Waals surface area contributed by atoms with Crippen molar-refractivity contribution in [1.29, 1.82) is 0 Å². The van der Waals surface area contributed by atoms with Crippen LogP contribution in [0.25, 0.3) is 11.0 Å². The number of rotatable bonds is 9. The smallest absolute Gasteiger partial charge is 0.310 e. The van der Waals surface area contributed by atoms with Crippen LogP contribution in [0.1, 0.15) is 37.7 Å². The SMILES string of the molecule is CS(=O)(=O)NCCc1ccc(C(=O)COC(=O)Cc2coc3cc4c(cc23)CCC4)s1. The monoisotopic (exact) mass is 461 g/mol. The van der Waals surface area contributed by atoms with Crippen molar-refractivity contribution < 1.29 is 27.2 Å². The molecule has 1 aromatic carbocycles. The number of ether oxygens (including phenoxy) is 1. The Morgan fingerprint density at radius 3 is 2.74 bits per heavy atom. The van der Waals surface area contributed by atoms with E-state index in [0.29, 0.717) is 11.3 Å². The molecule has 9 heteroatoms. The van der Waals surface area contributed by atoms with Crippen molar-refractivity contribution >= 4 is 44.1 Å². The summed E-state index contributed by atoms with van der Waals surface area (Å²) in [4.78, 5) is 26.0. The fraction of sp³-hybridized carbons (Fsp3) is 0.364. The molecule has 2 aromatic heterocycles. The van der Waals surface area contributed by atoms with E-state index in [2.05, 4.69) is 16.9 Å². The van der Waals surface area contributed by atoms with Gasteiger partial charge in [-0.3, -0.25) is 9.59 Å². The summed E-state index contributed by atoms with van der Waals surface area (Å²) in [7, 11) is -3.24. The Morgan fingerprint density at radius 2 is 1.97 bits per heavy atom. The molecule has 0 unspecified atom stereocenters. The number of hydrogen-bond donors (Lipinski definition) is 1. The van der Waals surface area contributed by atoms with E-state index < -0.39 is 16.0 Å². The quantitative estimate of drug-likeness (QED) is 0.388. The van der Waals surface area contributed by atoms with Crippen molar-refractivity contribution in [2.45, 2.75) is 32.1 Å². The zero-order valence-corrected chi connectivity index (χ0v) is 18.7. The minimum absolute atomic E-state index is 0.0475. The van der Waals surface area contributed by atoms with E-state index in [0.717, 1.165) is 46.9 Å². The van der Waals surface area contributed by atoms with Crippen LogP contribution in [0, 0.1) is 0 Å². The summed E-state index contributed by atoms with van der Waals surface area (Å²) < 4.78 is 35.4. The van der Waals surface area contributed by atoms with Gasteiger partial charge >= 0.3 is 5.97 Å². The van der Waals surface area contributed by atoms with Gasteiger partial charge in [0.15, 0.2) is 6.61 Å². The van der Waals surface area contributed by atoms with Crippen molar-refractivity contribution in [3.8, 4) is 0 Å². The highest BCUT2D eigenvalue weighted by atomic mass is 32.2. The average molecular weight is 462 g/mol. The fourth-order valence-electron chi connectivity index (χ4n) is 3.73. The highest BCUT2D eigenvalue weighted by Crippen LogP contribution is 2.30. The Bertz CT molecular complexity index is 1240. The lowest BCUT2D eigenvalue weighted by molar-refractivity contribution is -0.141. The van der Waals surface area contributed by atoms with E-state index in [-0.39, 0.29) is 25.4 Å². The van der Waals surface area contributed by atoms with Crippen molar-refractivity contribution in [3.63, 3.8) is 0 Å². The van der Waals surface area contributed by atoms with Crippen LogP contribution in [-0.2, 0) is 45.2 Å². The van der Waals surface area contributed by atoms with Crippen LogP contribution in [0.5, 0.6) is 0 Å². The molecule has 0 spiro atoms. The fourth-order valence-corrected chi connectivity index (χ4v) is 5.13. The lowest BCUT2D eigenvalue weighted by Crippen LogP contribution is -2.24. The molecule has 2 heterocycles. The first-order valence-electron chi connectivity index (χ1n) is 10.0. The van der Waals surface area contributed by atoms with Gasteiger partial charge in [0.2, 0.25) is 15.8 Å². The molecule has 1 aliphatic rings. The molecule has 1 aliphatic carbocycles. The summed E-state index contributed by atoms with van der Waals surface area (Å²) in [6, 6.07) is 7.59. The number of benzene rings is 1. The highest BCUT2D eigenvalue weighted by molar-refractivity contribution is 7.88. The number of fused-ring (bicyclic) bond motifs is 2. The van der Waals surface area contributed by atoms with Crippen LogP contribution in [0.3, 0.4) is 0 Å². The van der Waals surface area contributed by atoms with Gasteiger partial charge in [-0.25, -0.2) is 13.1 Å². The molecule has 4 rings (SSSR count). The van der Waals surface area contributed by atoms with Crippen LogP contribution >= 0.6 is 11.3 Å². The van der Waals surface area contributed by atoms with E-state index in [9.17, 15) is 18.0 Å². The van der Waals surface area contributed by atoms with Gasteiger partial charge in [-0.2, -0.15) is 0 Å². The number of ketones is 1. The maximum Gasteiger partial charge on any atom is 0.310 e. The number of Topliss-reactive ketones (excluding diaryl/α,β-unsaturated/α-hetero) is 1. The lowest BCUT2D eigenvalue weighted by atomic mass is 10.0. The number of nitrogens with one attached hydrogen (secondary N) is 1. The molecular formula is C22H23NO6S2. The summed E-state index contributed by atoms with van der Waals surface area (Å²) in [5, 5.41) is 0.925. The number of aryl methyl sites for hydroxylation is 2. The first kappa shape index (κ1) is 21.7. The Kier molecular flexibility index (Phi) is 6.27. The standard InChI is InChI=1S/C22H23NO6S2/c1-31(26,27)23-8-7-17-5-6-21(30-17)19(24)13-29-22(25)11-16-12-28-20-10-15-4-2-3-14(15)9-18(16)20/h5-6,9-10,12,23H,2-4,7-8,11,13H2,1H3. The topological polar surface area (TPSA) is 103 Å². The first-order chi connectivity index (χ1) is 14.8. The van der Waals surface area contributed by atoms with Gasteiger partial charge in [-0.15, -0.1) is 11.3 Å². The zero-order chi connectivity index (χ0) is 22.0. The Morgan fingerprint density at radius 1 is 1.19 bits per heavy atom. The molecule has 0 saturated heterocycles. The van der Waals surface area contributed by atoms with Crippen molar-refractivity contribution in [2.24, 2.45) is 0 Å². The van der Waals surface area contributed by atoms with Gasteiger partial charge in [0.1, 0.15) is 5.58 Å². The Hall–Kier alpha value is -2.49. The molecule has 0 bridgehead atoms. The molecule has 0 fully saturated rings. The van der Waals surface area contributed by atoms with Crippen molar-refractivity contribution in [3.05, 3.63) is 57.0 Å². The summed E-state index contributed by atoms with van der Waals surface area (Å²) in [6.07, 6.45) is 6.46. The van der Waals surface area contributed by atoms with Crippen LogP contribution < -0.4 is 4.72 Å². The molecule has 7 nitrogen and oxygen atoms in total. The zero-order valence-electron chi connectivity index (χ0n) is 17.1. The number of sulfonamides is 1. The molecule has 0 atom stereocenters. The minimum atomic E-state index is -3.24. The first-order valence-corrected chi connectivity index (χ1v) is 12.7. The maximum absolute atomic E-state index is 12.3. The van der Waals surface area contributed by atoms with E-state index in [1.54, 1.807) is 18.4 Å². The van der Waals surface area contributed by atoms with E-state index >= 15 is 0 Å². The van der Waals surface area contributed by atoms with Gasteiger partial charge in [0.25, 0.3) is 0 Å². The van der Waals surface area contributed by atoms with Gasteiger partial charge in [0.05, 0.1) is 23.8 Å². The number of furan rings is 1. The largest absolute Gasteiger partial charge is 0.464 e. The number of carbonyl (C=O) groups excluding carboxylic acids is 2. The Labute approximate surface area is 184 Å². The summed E-state index contributed by atoms with van der Waals surface area (Å²) >= 11 is 1.27. The van der Waals surface area contributed by atoms with Crippen LogP contribution in [0.4, 0.5) is 0 Å². The second kappa shape index (κ2) is 8.94. The van der Waals surface area contributed by atoms with E-state index in [1.165, 1.54) is 22.5 Å². The van der Waals surface area contributed by atoms with Crippen LogP contribution in [0.2, 0.25) is 0 Å². The van der Waals surface area contributed by atoms with Gasteiger partial charge in [-0.05, 0) is 61.1 Å². The Balaban J connectivity index is 1.30. The summed E-state index contributed by atoms with van der Waals surface area (Å²) in [6.45, 7) is -0.0601. The molecule has 3 aromatic rings. The van der Waals surface area contributed by atoms with Crippen LogP contribution in [-0.4, -0.2) is 39.6 Å². The van der Waals surface area contributed by atoms with Gasteiger partial charge in [0, 0.05) is 22.4 Å². The predicted molar refractivity (Wildman–Crippen MR) is 118 cm³/mol. The second-order valence-electron chi connectivity index (χ2n) is 7.67. The number of thiophene rings is 1. The lowest BCUT2D eigenvalue weighted by Gasteiger charge is -2.04. The van der Waals surface area contributed by atoms with Crippen molar-refractivity contribution in [1.82, 2.24) is 4.72 Å². The molecule has 0 amide bonds. The van der Waals surface area contributed by atoms with E-state index in [1.807, 2.05) is 0 Å². The third kappa shape index (κ3) is 5.41. The average Bonchev–Trinajstić information content (AvgIpc) is 3.44. The molecule has 164 valence electrons. The maximum atomic E-state index is 12.3. The number of esters is 1. The molecule has 1 N–H and O–H groups in total. The number of carbonyl (C=O) groups is 2. The third-order valence-corrected chi connectivity index (χ3v) is 7.15. The highest BCUT2D eigenvalue weighted by Gasteiger charge is 2.18. The van der Waals surface area contributed by atoms with Crippen LogP contribution in [0.15, 0.2) is 34.9 Å². The molecule has 0 radical (unpaired) electrons. The normalized spacial score (nSPS) is 13.5. The third-order valence-electron chi connectivity index (χ3n) is 5.24. The summed E-state index contributed by atoms with van der Waals surface area (Å²) in [5.74, 6) is -0.763. The molecular weight excluding hydrogens is 438 g/mol. The van der Waals surface area contributed by atoms with Crippen molar-refractivity contribution in [2.75, 3.05) is 19.4 Å². The molecule has 0 aliphatic heterocycles. The van der Waals surface area contributed by atoms with Gasteiger partial charge < -0.3 is 9.15 Å². The predicted octanol–water partition coefficient (Wildman–Crippen LogP) is 3.04. The van der Waals surface area contributed by atoms with Gasteiger partial charge in [-0.1, -0.05) is 0 Å². The second-order valence-corrected chi connectivity index (χ2v) is 10.7. The molecule has 0 saturated carbocycles. The summed E-state index contributed by atoms with van der Waals surface area (Å²) in [5.41, 5.74) is 4.15. The number of hydrogen-bond acceptors (Lipinski definition) is 7.